The summed E-state index contributed by atoms with van der Waals surface area (Å²) in [5.74, 6) is 0.0803. The lowest BCUT2D eigenvalue weighted by molar-refractivity contribution is -0.128. The Kier molecular flexibility index (Phi) is 5.36. The van der Waals surface area contributed by atoms with Crippen molar-refractivity contribution in [3.63, 3.8) is 0 Å². The van der Waals surface area contributed by atoms with Crippen LogP contribution < -0.4 is 0 Å². The van der Waals surface area contributed by atoms with Crippen LogP contribution in [0.15, 0.2) is 30.2 Å². The standard InChI is InChI=1S/C19H27N5O/c1-4-6-14(7-5-2)12-17(25)24-11-9-15-18(21-13-20-15)19(24)16-8-10-22-23(16)3/h8,10,12-13,19H,4-7,9,11H2,1-3H3,(H,20,21). The molecule has 0 radical (unpaired) electrons. The number of carbonyl (C=O) groups is 1. The molecule has 1 unspecified atom stereocenters. The minimum absolute atomic E-state index is 0.0803. The highest BCUT2D eigenvalue weighted by atomic mass is 16.2. The second-order valence-corrected chi connectivity index (χ2v) is 6.63. The Bertz CT molecular complexity index is 749. The molecule has 1 aliphatic heterocycles. The molecule has 3 heterocycles. The molecule has 1 aliphatic rings. The fraction of sp³-hybridized carbons (Fsp3) is 0.526. The van der Waals surface area contributed by atoms with Gasteiger partial charge in [0.05, 0.1) is 17.7 Å². The lowest BCUT2D eigenvalue weighted by Gasteiger charge is -2.34. The molecule has 25 heavy (non-hydrogen) atoms. The summed E-state index contributed by atoms with van der Waals surface area (Å²) in [6.45, 7) is 5.00. The van der Waals surface area contributed by atoms with E-state index in [1.807, 2.05) is 28.8 Å². The lowest BCUT2D eigenvalue weighted by atomic mass is 9.98. The molecule has 2 aromatic rings. The minimum Gasteiger partial charge on any atom is -0.348 e. The maximum Gasteiger partial charge on any atom is 0.247 e. The number of hydrogen-bond donors (Lipinski definition) is 1. The van der Waals surface area contributed by atoms with Gasteiger partial charge in [0.25, 0.3) is 0 Å². The van der Waals surface area contributed by atoms with Gasteiger partial charge < -0.3 is 9.88 Å². The number of aromatic nitrogens is 4. The van der Waals surface area contributed by atoms with Gasteiger partial charge in [-0.3, -0.25) is 9.48 Å². The lowest BCUT2D eigenvalue weighted by Crippen LogP contribution is -2.40. The van der Waals surface area contributed by atoms with E-state index in [0.717, 1.165) is 49.2 Å². The van der Waals surface area contributed by atoms with Crippen molar-refractivity contribution in [3.8, 4) is 0 Å². The summed E-state index contributed by atoms with van der Waals surface area (Å²) in [7, 11) is 1.91. The number of rotatable bonds is 6. The SMILES string of the molecule is CCCC(=CC(=O)N1CCc2[nH]cnc2C1c1ccnn1C)CCC. The van der Waals surface area contributed by atoms with Crippen molar-refractivity contribution in [1.29, 1.82) is 0 Å². The minimum atomic E-state index is -0.184. The predicted molar refractivity (Wildman–Crippen MR) is 97.0 cm³/mol. The number of fused-ring (bicyclic) bond motifs is 1. The van der Waals surface area contributed by atoms with E-state index in [9.17, 15) is 4.79 Å². The molecule has 0 aliphatic carbocycles. The summed E-state index contributed by atoms with van der Waals surface area (Å²) >= 11 is 0. The molecular weight excluding hydrogens is 314 g/mol. The number of nitrogens with one attached hydrogen (secondary N) is 1. The summed E-state index contributed by atoms with van der Waals surface area (Å²) in [6.07, 6.45) is 10.2. The first-order valence-electron chi connectivity index (χ1n) is 9.15. The molecule has 0 spiro atoms. The fourth-order valence-corrected chi connectivity index (χ4v) is 3.64. The van der Waals surface area contributed by atoms with Crippen LogP contribution in [0.1, 0.15) is 62.7 Å². The van der Waals surface area contributed by atoms with Gasteiger partial charge in [0.2, 0.25) is 5.91 Å². The number of imidazole rings is 1. The number of aromatic amines is 1. The average Bonchev–Trinajstić information content (AvgIpc) is 3.23. The molecule has 0 saturated heterocycles. The van der Waals surface area contributed by atoms with E-state index in [-0.39, 0.29) is 11.9 Å². The molecule has 0 saturated carbocycles. The zero-order valence-electron chi connectivity index (χ0n) is 15.3. The van der Waals surface area contributed by atoms with Crippen LogP contribution in [-0.2, 0) is 18.3 Å². The average molecular weight is 341 g/mol. The van der Waals surface area contributed by atoms with E-state index in [0.29, 0.717) is 6.54 Å². The number of carbonyl (C=O) groups excluding carboxylic acids is 1. The highest BCUT2D eigenvalue weighted by Gasteiger charge is 2.35. The molecule has 1 amide bonds. The topological polar surface area (TPSA) is 66.8 Å². The van der Waals surface area contributed by atoms with Gasteiger partial charge in [0.15, 0.2) is 0 Å². The second kappa shape index (κ2) is 7.68. The predicted octanol–water partition coefficient (Wildman–Crippen LogP) is 3.14. The molecule has 1 atom stereocenters. The van der Waals surface area contributed by atoms with Crippen LogP contribution in [0.2, 0.25) is 0 Å². The van der Waals surface area contributed by atoms with Crippen molar-refractivity contribution in [2.24, 2.45) is 7.05 Å². The second-order valence-electron chi connectivity index (χ2n) is 6.63. The maximum absolute atomic E-state index is 13.1. The Balaban J connectivity index is 1.95. The first-order chi connectivity index (χ1) is 12.2. The van der Waals surface area contributed by atoms with E-state index in [2.05, 4.69) is 28.9 Å². The van der Waals surface area contributed by atoms with Gasteiger partial charge in [-0.05, 0) is 18.9 Å². The van der Waals surface area contributed by atoms with Gasteiger partial charge in [-0.2, -0.15) is 5.10 Å². The highest BCUT2D eigenvalue weighted by molar-refractivity contribution is 5.89. The van der Waals surface area contributed by atoms with Gasteiger partial charge in [0, 0.05) is 38.0 Å². The normalized spacial score (nSPS) is 16.6. The third kappa shape index (κ3) is 3.52. The molecule has 2 aromatic heterocycles. The Morgan fingerprint density at radius 1 is 1.36 bits per heavy atom. The van der Waals surface area contributed by atoms with Gasteiger partial charge >= 0.3 is 0 Å². The molecule has 6 heteroatoms. The first-order valence-corrected chi connectivity index (χ1v) is 9.15. The Morgan fingerprint density at radius 2 is 2.12 bits per heavy atom. The van der Waals surface area contributed by atoms with Crippen LogP contribution in [0.5, 0.6) is 0 Å². The third-order valence-corrected chi connectivity index (χ3v) is 4.82. The van der Waals surface area contributed by atoms with Crippen LogP contribution in [0.25, 0.3) is 0 Å². The van der Waals surface area contributed by atoms with Crippen molar-refractivity contribution >= 4 is 5.91 Å². The smallest absolute Gasteiger partial charge is 0.247 e. The Hall–Kier alpha value is -2.37. The van der Waals surface area contributed by atoms with Gasteiger partial charge in [-0.1, -0.05) is 32.3 Å². The first kappa shape index (κ1) is 17.5. The van der Waals surface area contributed by atoms with Crippen LogP contribution in [0, 0.1) is 0 Å². The quantitative estimate of drug-likeness (QED) is 0.821. The molecule has 1 N–H and O–H groups in total. The molecule has 0 aromatic carbocycles. The van der Waals surface area contributed by atoms with Gasteiger partial charge in [0.1, 0.15) is 6.04 Å². The zero-order chi connectivity index (χ0) is 17.8. The Morgan fingerprint density at radius 3 is 2.76 bits per heavy atom. The van der Waals surface area contributed by atoms with Gasteiger partial charge in [-0.25, -0.2) is 4.98 Å². The van der Waals surface area contributed by atoms with Crippen LogP contribution >= 0.6 is 0 Å². The van der Waals surface area contributed by atoms with E-state index in [1.54, 1.807) is 12.5 Å². The number of allylic oxidation sites excluding steroid dienone is 1. The summed E-state index contributed by atoms with van der Waals surface area (Å²) in [4.78, 5) is 22.7. The summed E-state index contributed by atoms with van der Waals surface area (Å²) in [5, 5.41) is 4.29. The number of hydrogen-bond acceptors (Lipinski definition) is 3. The van der Waals surface area contributed by atoms with E-state index >= 15 is 0 Å². The van der Waals surface area contributed by atoms with Gasteiger partial charge in [-0.15, -0.1) is 0 Å². The summed E-state index contributed by atoms with van der Waals surface area (Å²) in [5.41, 5.74) is 4.28. The van der Waals surface area contributed by atoms with Crippen molar-refractivity contribution < 1.29 is 4.79 Å². The Labute approximate surface area is 148 Å². The zero-order valence-corrected chi connectivity index (χ0v) is 15.3. The molecule has 0 bridgehead atoms. The number of nitrogens with zero attached hydrogens (tertiary/aromatic N) is 4. The van der Waals surface area contributed by atoms with E-state index in [1.165, 1.54) is 5.57 Å². The van der Waals surface area contributed by atoms with Crippen molar-refractivity contribution in [3.05, 3.63) is 47.3 Å². The fourth-order valence-electron chi connectivity index (χ4n) is 3.64. The van der Waals surface area contributed by atoms with Crippen molar-refractivity contribution in [2.45, 2.75) is 52.0 Å². The number of aryl methyl sites for hydroxylation is 1. The monoisotopic (exact) mass is 341 g/mol. The molecule has 3 rings (SSSR count). The van der Waals surface area contributed by atoms with E-state index in [4.69, 9.17) is 0 Å². The summed E-state index contributed by atoms with van der Waals surface area (Å²) in [6, 6.07) is 1.79. The molecular formula is C19H27N5O. The van der Waals surface area contributed by atoms with Crippen LogP contribution in [0.3, 0.4) is 0 Å². The summed E-state index contributed by atoms with van der Waals surface area (Å²) < 4.78 is 1.83. The molecule has 0 fully saturated rings. The van der Waals surface area contributed by atoms with Crippen molar-refractivity contribution in [2.75, 3.05) is 6.54 Å². The van der Waals surface area contributed by atoms with E-state index < -0.39 is 0 Å². The van der Waals surface area contributed by atoms with Crippen LogP contribution in [-0.4, -0.2) is 37.1 Å². The van der Waals surface area contributed by atoms with Crippen LogP contribution in [0.4, 0.5) is 0 Å². The third-order valence-electron chi connectivity index (χ3n) is 4.82. The van der Waals surface area contributed by atoms with Crippen molar-refractivity contribution in [1.82, 2.24) is 24.6 Å². The highest BCUT2D eigenvalue weighted by Crippen LogP contribution is 2.33. The number of amides is 1. The molecule has 134 valence electrons. The largest absolute Gasteiger partial charge is 0.348 e. The number of H-pyrrole nitrogens is 1. The maximum atomic E-state index is 13.1. The molecule has 6 nitrogen and oxygen atoms in total.